The number of pyridine rings is 1. The van der Waals surface area contributed by atoms with Crippen LogP contribution in [0, 0.1) is 5.82 Å². The molecule has 1 amide bonds. The van der Waals surface area contributed by atoms with Gasteiger partial charge in [-0.1, -0.05) is 11.6 Å². The van der Waals surface area contributed by atoms with Gasteiger partial charge in [-0.25, -0.2) is 18.2 Å². The first-order chi connectivity index (χ1) is 14.8. The Labute approximate surface area is 188 Å². The first kappa shape index (κ1) is 22.8. The number of nitrogens with zero attached hydrogens (tertiary/aromatic N) is 2. The Bertz CT molecular complexity index is 1120. The number of aromatic nitrogens is 1. The lowest BCUT2D eigenvalue weighted by atomic mass is 9.78. The van der Waals surface area contributed by atoms with Gasteiger partial charge < -0.3 is 11.1 Å². The molecule has 4 rings (SSSR count). The van der Waals surface area contributed by atoms with Crippen LogP contribution >= 0.6 is 22.2 Å². The smallest absolute Gasteiger partial charge is 0.274 e. The van der Waals surface area contributed by atoms with Crippen molar-refractivity contribution in [3.8, 4) is 0 Å². The van der Waals surface area contributed by atoms with Gasteiger partial charge in [-0.2, -0.15) is 10.6 Å². The van der Waals surface area contributed by atoms with E-state index in [0.717, 1.165) is 6.07 Å². The van der Waals surface area contributed by atoms with Gasteiger partial charge in [0.15, 0.2) is 0 Å². The summed E-state index contributed by atoms with van der Waals surface area (Å²) < 4.78 is 61.7. The summed E-state index contributed by atoms with van der Waals surface area (Å²) in [7, 11) is -3.67. The van der Waals surface area contributed by atoms with Gasteiger partial charge >= 0.3 is 0 Å². The number of nitrogens with one attached hydrogen (secondary N) is 1. The number of carbonyl (C=O) groups excluding carboxylic acids is 1. The highest BCUT2D eigenvalue weighted by atomic mass is 35.5. The fourth-order valence-corrected chi connectivity index (χ4v) is 6.81. The molecule has 1 spiro atoms. The predicted octanol–water partition coefficient (Wildman–Crippen LogP) is 4.63. The van der Waals surface area contributed by atoms with Gasteiger partial charge in [-0.05, 0) is 37.3 Å². The quantitative estimate of drug-likeness (QED) is 0.502. The third-order valence-corrected chi connectivity index (χ3v) is 8.73. The van der Waals surface area contributed by atoms with Gasteiger partial charge in [0, 0.05) is 30.3 Å². The second-order valence-electron chi connectivity index (χ2n) is 8.30. The highest BCUT2D eigenvalue weighted by Crippen LogP contribution is 2.70. The highest BCUT2D eigenvalue weighted by molar-refractivity contribution is 8.26. The lowest BCUT2D eigenvalue weighted by molar-refractivity contribution is -0.0848. The number of benzene rings is 1. The largest absolute Gasteiger partial charge is 0.386 e. The van der Waals surface area contributed by atoms with Crippen molar-refractivity contribution in [2.45, 2.75) is 36.0 Å². The van der Waals surface area contributed by atoms with Gasteiger partial charge in [-0.15, -0.1) is 0 Å². The minimum atomic E-state index is -3.67. The summed E-state index contributed by atoms with van der Waals surface area (Å²) in [6.45, 7) is 1.43. The minimum absolute atomic E-state index is 0.0665. The molecule has 0 radical (unpaired) electrons. The maximum atomic E-state index is 14.8. The van der Waals surface area contributed by atoms with Gasteiger partial charge in [0.25, 0.3) is 11.8 Å². The standard InChI is InChI=1S/C20H20ClF3N4O3S/c1-18(10-32(30,31)19(17(25)28-18)8-20(23,24)9-19)13-6-12(3-4-14(13)22)27-16(29)15-5-2-11(21)7-26-15/h2-7,30-31H,8-10H2,1H3,(H2,25,28)(H,27,29)/t18-/m0/s1. The number of aliphatic imine (C=N–C) groups is 1. The van der Waals surface area contributed by atoms with Crippen LogP contribution in [0.25, 0.3) is 0 Å². The van der Waals surface area contributed by atoms with Crippen molar-refractivity contribution in [1.29, 1.82) is 0 Å². The van der Waals surface area contributed by atoms with Gasteiger partial charge in [0.05, 0.1) is 10.8 Å². The molecule has 1 fully saturated rings. The van der Waals surface area contributed by atoms with E-state index < -0.39 is 57.1 Å². The number of anilines is 1. The first-order valence-electron chi connectivity index (χ1n) is 9.49. The molecular formula is C20H20ClF3N4O3S. The van der Waals surface area contributed by atoms with Crippen LogP contribution in [0.3, 0.4) is 0 Å². The normalized spacial score (nSPS) is 26.0. The van der Waals surface area contributed by atoms with E-state index in [1.54, 1.807) is 0 Å². The number of nitrogens with two attached hydrogens (primary N) is 1. The van der Waals surface area contributed by atoms with Gasteiger partial charge in [0.1, 0.15) is 27.6 Å². The number of alkyl halides is 2. The fraction of sp³-hybridized carbons (Fsp3) is 0.350. The molecule has 1 aromatic heterocycles. The Morgan fingerprint density at radius 2 is 1.94 bits per heavy atom. The maximum absolute atomic E-state index is 14.8. The summed E-state index contributed by atoms with van der Waals surface area (Å²) in [5.74, 6) is -5.18. The van der Waals surface area contributed by atoms with E-state index in [1.807, 2.05) is 0 Å². The summed E-state index contributed by atoms with van der Waals surface area (Å²) in [5, 5.41) is 2.93. The van der Waals surface area contributed by atoms with E-state index in [4.69, 9.17) is 17.3 Å². The van der Waals surface area contributed by atoms with Crippen LogP contribution < -0.4 is 11.1 Å². The molecule has 1 aliphatic heterocycles. The second kappa shape index (κ2) is 7.34. The minimum Gasteiger partial charge on any atom is -0.386 e. The molecule has 5 N–H and O–H groups in total. The molecule has 7 nitrogen and oxygen atoms in total. The molecule has 12 heteroatoms. The number of amidine groups is 1. The number of rotatable bonds is 3. The fourth-order valence-electron chi connectivity index (χ4n) is 4.15. The molecule has 2 aliphatic rings. The van der Waals surface area contributed by atoms with Crippen molar-refractivity contribution in [3.05, 3.63) is 58.6 Å². The summed E-state index contributed by atoms with van der Waals surface area (Å²) in [6.07, 6.45) is -0.335. The molecule has 1 saturated carbocycles. The summed E-state index contributed by atoms with van der Waals surface area (Å²) in [6, 6.07) is 6.61. The van der Waals surface area contributed by atoms with Crippen molar-refractivity contribution in [2.24, 2.45) is 10.7 Å². The lowest BCUT2D eigenvalue weighted by Gasteiger charge is -2.61. The van der Waals surface area contributed by atoms with Crippen molar-refractivity contribution in [1.82, 2.24) is 4.98 Å². The van der Waals surface area contributed by atoms with Crippen molar-refractivity contribution >= 4 is 39.6 Å². The molecule has 1 aromatic carbocycles. The van der Waals surface area contributed by atoms with Crippen LogP contribution in [0.15, 0.2) is 41.5 Å². The third kappa shape index (κ3) is 3.72. The van der Waals surface area contributed by atoms with E-state index in [1.165, 1.54) is 37.4 Å². The zero-order valence-corrected chi connectivity index (χ0v) is 18.4. The summed E-state index contributed by atoms with van der Waals surface area (Å²) in [5.41, 5.74) is 4.62. The number of carbonyl (C=O) groups is 1. The number of halogens is 4. The topological polar surface area (TPSA) is 121 Å². The Morgan fingerprint density at radius 1 is 1.25 bits per heavy atom. The zero-order chi connectivity index (χ0) is 23.5. The van der Waals surface area contributed by atoms with Crippen LogP contribution in [-0.4, -0.2) is 42.3 Å². The average molecular weight is 489 g/mol. The molecular weight excluding hydrogens is 469 g/mol. The monoisotopic (exact) mass is 488 g/mol. The molecule has 2 aromatic rings. The van der Waals surface area contributed by atoms with Crippen molar-refractivity contribution < 1.29 is 27.1 Å². The average Bonchev–Trinajstić information content (AvgIpc) is 2.66. The molecule has 0 unspecified atom stereocenters. The van der Waals surface area contributed by atoms with E-state index >= 15 is 0 Å². The maximum Gasteiger partial charge on any atom is 0.274 e. The van der Waals surface area contributed by atoms with Gasteiger partial charge in [-0.3, -0.25) is 18.9 Å². The van der Waals surface area contributed by atoms with Crippen LogP contribution in [0.5, 0.6) is 0 Å². The Hall–Kier alpha value is -2.34. The van der Waals surface area contributed by atoms with Crippen molar-refractivity contribution in [3.63, 3.8) is 0 Å². The number of hydrogen-bond donors (Lipinski definition) is 4. The molecule has 0 bridgehead atoms. The zero-order valence-electron chi connectivity index (χ0n) is 16.8. The SMILES string of the molecule is C[C@@]1(c2cc(NC(=O)c3ccc(Cl)cn3)ccc2F)CS(O)(O)C2(CC(F)(F)C2)C(N)=N1. The molecule has 172 valence electrons. The molecule has 1 atom stereocenters. The van der Waals surface area contributed by atoms with E-state index in [2.05, 4.69) is 15.3 Å². The van der Waals surface area contributed by atoms with Crippen LogP contribution in [-0.2, 0) is 5.54 Å². The Morgan fingerprint density at radius 3 is 2.50 bits per heavy atom. The summed E-state index contributed by atoms with van der Waals surface area (Å²) >= 11 is 5.76. The number of hydrogen-bond acceptors (Lipinski definition) is 6. The molecule has 32 heavy (non-hydrogen) atoms. The van der Waals surface area contributed by atoms with E-state index in [9.17, 15) is 27.1 Å². The Kier molecular flexibility index (Phi) is 5.24. The second-order valence-corrected chi connectivity index (χ2v) is 11.1. The Balaban J connectivity index is 1.66. The van der Waals surface area contributed by atoms with Gasteiger partial charge in [0.2, 0.25) is 0 Å². The van der Waals surface area contributed by atoms with E-state index in [0.29, 0.717) is 5.02 Å². The number of amides is 1. The predicted molar refractivity (Wildman–Crippen MR) is 117 cm³/mol. The highest BCUT2D eigenvalue weighted by Gasteiger charge is 2.68. The molecule has 2 heterocycles. The molecule has 0 saturated heterocycles. The third-order valence-electron chi connectivity index (χ3n) is 5.79. The van der Waals surface area contributed by atoms with Crippen LogP contribution in [0.4, 0.5) is 18.9 Å². The lowest BCUT2D eigenvalue weighted by Crippen LogP contribution is -2.65. The first-order valence-corrected chi connectivity index (χ1v) is 11.6. The van der Waals surface area contributed by atoms with E-state index in [-0.39, 0.29) is 22.8 Å². The van der Waals surface area contributed by atoms with Crippen molar-refractivity contribution in [2.75, 3.05) is 11.1 Å². The van der Waals surface area contributed by atoms with Crippen LogP contribution in [0.1, 0.15) is 35.8 Å². The summed E-state index contributed by atoms with van der Waals surface area (Å²) in [4.78, 5) is 20.6. The van der Waals surface area contributed by atoms with Crippen LogP contribution in [0.2, 0.25) is 5.02 Å². The molecule has 1 aliphatic carbocycles.